The minimum absolute atomic E-state index is 0.187. The first-order valence-corrected chi connectivity index (χ1v) is 10.5. The van der Waals surface area contributed by atoms with Gasteiger partial charge in [-0.2, -0.15) is 0 Å². The number of nitrogens with two attached hydrogens (primary N) is 1. The molecule has 1 aromatic heterocycles. The smallest absolute Gasteiger partial charge is 0.330 e. The summed E-state index contributed by atoms with van der Waals surface area (Å²) in [4.78, 5) is 28.9. The molecule has 0 unspecified atom stereocenters. The Balaban J connectivity index is 2.36. The number of unbranched alkanes of at least 4 members (excludes halogenated alkanes) is 1. The van der Waals surface area contributed by atoms with Crippen molar-refractivity contribution in [2.24, 2.45) is 5.92 Å². The van der Waals surface area contributed by atoms with Gasteiger partial charge in [-0.25, -0.2) is 4.79 Å². The molecule has 7 nitrogen and oxygen atoms in total. The molecule has 1 aliphatic carbocycles. The Morgan fingerprint density at radius 3 is 2.63 bits per heavy atom. The maximum Gasteiger partial charge on any atom is 0.330 e. The van der Waals surface area contributed by atoms with Crippen LogP contribution in [-0.2, 0) is 6.54 Å². The van der Waals surface area contributed by atoms with E-state index in [1.165, 1.54) is 23.8 Å². The van der Waals surface area contributed by atoms with E-state index in [1.54, 1.807) is 4.90 Å². The fourth-order valence-corrected chi connectivity index (χ4v) is 4.02. The Bertz CT molecular complexity index is 757. The molecule has 1 aromatic rings. The summed E-state index contributed by atoms with van der Waals surface area (Å²) in [7, 11) is 0. The van der Waals surface area contributed by atoms with Crippen LogP contribution in [-0.4, -0.2) is 27.3 Å². The van der Waals surface area contributed by atoms with Gasteiger partial charge in [-0.3, -0.25) is 14.3 Å². The van der Waals surface area contributed by atoms with Crippen LogP contribution < -0.4 is 27.2 Å². The largest absolute Gasteiger partial charge is 0.383 e. The van der Waals surface area contributed by atoms with E-state index in [4.69, 9.17) is 18.0 Å². The fourth-order valence-electron chi connectivity index (χ4n) is 3.68. The van der Waals surface area contributed by atoms with Crippen molar-refractivity contribution in [2.75, 3.05) is 17.2 Å². The zero-order chi connectivity index (χ0) is 20.0. The molecule has 0 amide bonds. The number of aromatic nitrogens is 2. The van der Waals surface area contributed by atoms with Gasteiger partial charge in [0.1, 0.15) is 5.82 Å². The molecule has 0 spiro atoms. The number of nitrogens with one attached hydrogen (secondary N) is 2. The Morgan fingerprint density at radius 1 is 1.30 bits per heavy atom. The van der Waals surface area contributed by atoms with Gasteiger partial charge < -0.3 is 16.0 Å². The highest BCUT2D eigenvalue weighted by atomic mass is 32.1. The summed E-state index contributed by atoms with van der Waals surface area (Å²) >= 11 is 5.66. The number of thiocarbonyl (C=S) groups is 1. The van der Waals surface area contributed by atoms with Gasteiger partial charge in [-0.1, -0.05) is 40.0 Å². The number of nitrogens with zero attached hydrogens (tertiary/aromatic N) is 2. The van der Waals surface area contributed by atoms with E-state index in [2.05, 4.69) is 17.2 Å². The van der Waals surface area contributed by atoms with Crippen molar-refractivity contribution < 1.29 is 0 Å². The maximum absolute atomic E-state index is 12.6. The van der Waals surface area contributed by atoms with Gasteiger partial charge in [0, 0.05) is 19.1 Å². The molecule has 0 bridgehead atoms. The summed E-state index contributed by atoms with van der Waals surface area (Å²) in [5, 5.41) is 3.95. The normalized spacial score (nSPS) is 19.7. The summed E-state index contributed by atoms with van der Waals surface area (Å²) in [6, 6.07) is 0.303. The van der Waals surface area contributed by atoms with Crippen molar-refractivity contribution in [3.05, 3.63) is 20.8 Å². The molecule has 0 aliphatic heterocycles. The van der Waals surface area contributed by atoms with Crippen LogP contribution in [0.5, 0.6) is 0 Å². The molecule has 8 heteroatoms. The first-order valence-electron chi connectivity index (χ1n) is 10.1. The number of nitrogen functional groups attached to an aromatic ring is 1. The lowest BCUT2D eigenvalue weighted by Gasteiger charge is -2.34. The minimum Gasteiger partial charge on any atom is -0.383 e. The summed E-state index contributed by atoms with van der Waals surface area (Å²) in [5.41, 5.74) is 5.59. The maximum atomic E-state index is 12.6. The highest BCUT2D eigenvalue weighted by molar-refractivity contribution is 7.80. The molecule has 2 atom stereocenters. The number of rotatable bonds is 7. The van der Waals surface area contributed by atoms with Crippen LogP contribution in [0.1, 0.15) is 65.7 Å². The predicted octanol–water partition coefficient (Wildman–Crippen LogP) is 2.59. The molecule has 1 saturated carbocycles. The monoisotopic (exact) mass is 395 g/mol. The van der Waals surface area contributed by atoms with E-state index in [0.29, 0.717) is 30.2 Å². The average molecular weight is 396 g/mol. The van der Waals surface area contributed by atoms with Crippen molar-refractivity contribution >= 4 is 28.8 Å². The van der Waals surface area contributed by atoms with Crippen molar-refractivity contribution in [1.82, 2.24) is 14.9 Å². The van der Waals surface area contributed by atoms with Gasteiger partial charge >= 0.3 is 5.69 Å². The minimum atomic E-state index is -0.487. The van der Waals surface area contributed by atoms with Crippen LogP contribution in [0.2, 0.25) is 0 Å². The highest BCUT2D eigenvalue weighted by Gasteiger charge is 2.26. The number of aromatic amines is 1. The second-order valence-electron chi connectivity index (χ2n) is 7.47. The first kappa shape index (κ1) is 21.5. The Labute approximate surface area is 166 Å². The van der Waals surface area contributed by atoms with E-state index >= 15 is 0 Å². The zero-order valence-corrected chi connectivity index (χ0v) is 17.5. The number of H-pyrrole nitrogens is 1. The fraction of sp³-hybridized carbons (Fsp3) is 0.737. The molecule has 1 aliphatic rings. The number of anilines is 2. The van der Waals surface area contributed by atoms with Gasteiger partial charge in [0.2, 0.25) is 0 Å². The SMILES string of the molecule is CCCCn1c(N)c(N(CCC)C(=S)N[C@H]2CCCC[C@H]2C)c(=O)[nH]c1=O. The Kier molecular flexibility index (Phi) is 7.89. The molecule has 4 N–H and O–H groups in total. The van der Waals surface area contributed by atoms with Crippen molar-refractivity contribution in [1.29, 1.82) is 0 Å². The average Bonchev–Trinajstić information content (AvgIpc) is 2.62. The van der Waals surface area contributed by atoms with E-state index in [0.717, 1.165) is 25.7 Å². The van der Waals surface area contributed by atoms with Gasteiger partial charge in [-0.15, -0.1) is 0 Å². The summed E-state index contributed by atoms with van der Waals surface area (Å²) in [6.07, 6.45) is 7.23. The molecular formula is C19H33N5O2S. The lowest BCUT2D eigenvalue weighted by atomic mass is 9.86. The standard InChI is InChI=1S/C19H33N5O2S/c1-4-6-12-24-16(20)15(17(25)22-18(24)26)23(11-5-2)19(27)21-14-10-8-7-9-13(14)3/h13-14H,4-12,20H2,1-3H3,(H,21,27)(H,22,25,26)/t13-,14+/m1/s1. The van der Waals surface area contributed by atoms with Crippen molar-refractivity contribution in [3.8, 4) is 0 Å². The van der Waals surface area contributed by atoms with Gasteiger partial charge in [0.25, 0.3) is 5.56 Å². The van der Waals surface area contributed by atoms with Gasteiger partial charge in [-0.05, 0) is 43.8 Å². The Hall–Kier alpha value is -1.83. The zero-order valence-electron chi connectivity index (χ0n) is 16.7. The van der Waals surface area contributed by atoms with E-state index in [1.807, 2.05) is 13.8 Å². The summed E-state index contributed by atoms with van der Waals surface area (Å²) in [5.74, 6) is 0.723. The molecule has 2 rings (SSSR count). The Morgan fingerprint density at radius 2 is 2.00 bits per heavy atom. The second-order valence-corrected chi connectivity index (χ2v) is 7.85. The lowest BCUT2D eigenvalue weighted by molar-refractivity contribution is 0.309. The van der Waals surface area contributed by atoms with E-state index in [9.17, 15) is 9.59 Å². The van der Waals surface area contributed by atoms with Gasteiger partial charge in [0.05, 0.1) is 0 Å². The van der Waals surface area contributed by atoms with E-state index in [-0.39, 0.29) is 11.5 Å². The predicted molar refractivity (Wildman–Crippen MR) is 115 cm³/mol. The highest BCUT2D eigenvalue weighted by Crippen LogP contribution is 2.25. The van der Waals surface area contributed by atoms with Crippen molar-refractivity contribution in [2.45, 2.75) is 78.3 Å². The molecule has 1 heterocycles. The van der Waals surface area contributed by atoms with Crippen molar-refractivity contribution in [3.63, 3.8) is 0 Å². The van der Waals surface area contributed by atoms with Gasteiger partial charge in [0.15, 0.2) is 10.8 Å². The van der Waals surface area contributed by atoms with Crippen LogP contribution in [0.4, 0.5) is 11.5 Å². The molecule has 0 saturated heterocycles. The molecular weight excluding hydrogens is 362 g/mol. The van der Waals surface area contributed by atoms with Crippen LogP contribution in [0.25, 0.3) is 0 Å². The topological polar surface area (TPSA) is 96.2 Å². The third-order valence-corrected chi connectivity index (χ3v) is 5.67. The summed E-state index contributed by atoms with van der Waals surface area (Å²) in [6.45, 7) is 7.34. The number of hydrogen-bond acceptors (Lipinski definition) is 4. The third kappa shape index (κ3) is 5.12. The number of hydrogen-bond donors (Lipinski definition) is 3. The second kappa shape index (κ2) is 9.92. The molecule has 152 valence electrons. The van der Waals surface area contributed by atoms with E-state index < -0.39 is 11.2 Å². The van der Waals surface area contributed by atoms with Crippen LogP contribution in [0.15, 0.2) is 9.59 Å². The molecule has 0 aromatic carbocycles. The molecule has 27 heavy (non-hydrogen) atoms. The van der Waals surface area contributed by atoms with Crippen LogP contribution in [0.3, 0.4) is 0 Å². The summed E-state index contributed by atoms with van der Waals surface area (Å²) < 4.78 is 1.44. The first-order chi connectivity index (χ1) is 12.9. The lowest BCUT2D eigenvalue weighted by Crippen LogP contribution is -2.50. The van der Waals surface area contributed by atoms with Crippen LogP contribution in [0, 0.1) is 5.92 Å². The molecule has 0 radical (unpaired) electrons. The van der Waals surface area contributed by atoms with Crippen LogP contribution >= 0.6 is 12.2 Å². The third-order valence-electron chi connectivity index (χ3n) is 5.33. The molecule has 1 fully saturated rings. The quantitative estimate of drug-likeness (QED) is 0.614.